The minimum absolute atomic E-state index is 0.0658. The van der Waals surface area contributed by atoms with Crippen molar-refractivity contribution in [2.45, 2.75) is 26.3 Å². The number of aromatic nitrogens is 3. The molecule has 3 aromatic rings. The maximum atomic E-state index is 12.6. The Bertz CT molecular complexity index is 911. The van der Waals surface area contributed by atoms with E-state index in [9.17, 15) is 4.79 Å². The van der Waals surface area contributed by atoms with Gasteiger partial charge >= 0.3 is 0 Å². The topological polar surface area (TPSA) is 62.7 Å². The average molecular weight is 373 g/mol. The molecule has 2 N–H and O–H groups in total. The molecular formula is C18H20N4OS2. The summed E-state index contributed by atoms with van der Waals surface area (Å²) >= 11 is 6.89. The minimum Gasteiger partial charge on any atom is -0.354 e. The molecule has 0 saturated heterocycles. The summed E-state index contributed by atoms with van der Waals surface area (Å²) in [5, 5.41) is 12.0. The highest BCUT2D eigenvalue weighted by molar-refractivity contribution is 7.71. The lowest BCUT2D eigenvalue weighted by Gasteiger charge is -2.15. The number of benzene rings is 1. The van der Waals surface area contributed by atoms with Crippen molar-refractivity contribution in [3.63, 3.8) is 0 Å². The number of hydrogen-bond donors (Lipinski definition) is 2. The summed E-state index contributed by atoms with van der Waals surface area (Å²) in [7, 11) is 0. The van der Waals surface area contributed by atoms with E-state index in [0.717, 1.165) is 11.3 Å². The summed E-state index contributed by atoms with van der Waals surface area (Å²) in [6.45, 7) is 4.51. The van der Waals surface area contributed by atoms with Crippen molar-refractivity contribution in [2.24, 2.45) is 0 Å². The van der Waals surface area contributed by atoms with Crippen molar-refractivity contribution in [1.82, 2.24) is 20.1 Å². The van der Waals surface area contributed by atoms with E-state index >= 15 is 0 Å². The van der Waals surface area contributed by atoms with Crippen molar-refractivity contribution >= 4 is 29.5 Å². The van der Waals surface area contributed by atoms with E-state index < -0.39 is 6.04 Å². The number of nitrogens with one attached hydrogen (secondary N) is 2. The van der Waals surface area contributed by atoms with E-state index in [-0.39, 0.29) is 5.91 Å². The molecule has 0 aliphatic carbocycles. The van der Waals surface area contributed by atoms with E-state index in [1.807, 2.05) is 36.6 Å². The summed E-state index contributed by atoms with van der Waals surface area (Å²) in [5.41, 5.74) is 2.48. The van der Waals surface area contributed by atoms with Crippen molar-refractivity contribution in [3.05, 3.63) is 57.7 Å². The largest absolute Gasteiger partial charge is 0.354 e. The number of amides is 1. The lowest BCUT2D eigenvalue weighted by molar-refractivity contribution is -0.123. The summed E-state index contributed by atoms with van der Waals surface area (Å²) in [5.74, 6) is 0.630. The highest BCUT2D eigenvalue weighted by Gasteiger charge is 2.21. The van der Waals surface area contributed by atoms with Crippen LogP contribution in [0.15, 0.2) is 41.8 Å². The van der Waals surface area contributed by atoms with Crippen molar-refractivity contribution in [1.29, 1.82) is 0 Å². The third-order valence-corrected chi connectivity index (χ3v) is 5.32. The van der Waals surface area contributed by atoms with Crippen LogP contribution in [-0.4, -0.2) is 27.2 Å². The number of hydrogen-bond acceptors (Lipinski definition) is 4. The predicted octanol–water partition coefficient (Wildman–Crippen LogP) is 3.90. The summed E-state index contributed by atoms with van der Waals surface area (Å²) in [4.78, 5) is 13.6. The first kappa shape index (κ1) is 17.6. The van der Waals surface area contributed by atoms with E-state index in [0.29, 0.717) is 17.1 Å². The van der Waals surface area contributed by atoms with Gasteiger partial charge in [-0.25, -0.2) is 0 Å². The number of nitrogens with zero attached hydrogens (tertiary/aromatic N) is 2. The zero-order valence-corrected chi connectivity index (χ0v) is 15.8. The molecule has 1 aromatic carbocycles. The molecule has 5 nitrogen and oxygen atoms in total. The normalized spacial score (nSPS) is 12.1. The number of carbonyl (C=O) groups is 1. The Kier molecular flexibility index (Phi) is 5.45. The van der Waals surface area contributed by atoms with Crippen LogP contribution in [-0.2, 0) is 11.2 Å². The fourth-order valence-electron chi connectivity index (χ4n) is 2.72. The molecule has 3 rings (SSSR count). The molecule has 0 bridgehead atoms. The Morgan fingerprint density at radius 3 is 2.88 bits per heavy atom. The first-order chi connectivity index (χ1) is 12.1. The molecule has 1 atom stereocenters. The highest BCUT2D eigenvalue weighted by atomic mass is 32.1. The van der Waals surface area contributed by atoms with Gasteiger partial charge in [0.1, 0.15) is 6.04 Å². The molecular weight excluding hydrogens is 352 g/mol. The van der Waals surface area contributed by atoms with Gasteiger partial charge in [-0.1, -0.05) is 30.3 Å². The second-order valence-corrected chi connectivity index (χ2v) is 7.18. The molecule has 0 radical (unpaired) electrons. The maximum Gasteiger partial charge on any atom is 0.242 e. The number of aryl methyl sites for hydroxylation is 1. The first-order valence-corrected chi connectivity index (χ1v) is 9.39. The number of thiophene rings is 1. The van der Waals surface area contributed by atoms with Gasteiger partial charge in [-0.3, -0.25) is 14.5 Å². The standard InChI is InChI=1S/C18H20N4OS2/c1-12-6-3-4-7-14(12)9-10-19-17(23)13(2)22-16(20-21-18(22)24)15-8-5-11-25-15/h3-8,11,13H,9-10H2,1-2H3,(H,19,23)(H,21,24)/t13-/m1/s1. The maximum absolute atomic E-state index is 12.6. The summed E-state index contributed by atoms with van der Waals surface area (Å²) < 4.78 is 2.22. The van der Waals surface area contributed by atoms with Crippen LogP contribution in [0.1, 0.15) is 24.1 Å². The molecule has 0 spiro atoms. The van der Waals surface area contributed by atoms with Gasteiger partial charge in [-0.05, 0) is 55.1 Å². The van der Waals surface area contributed by atoms with Crippen molar-refractivity contribution in [2.75, 3.05) is 6.54 Å². The van der Waals surface area contributed by atoms with Crippen LogP contribution in [0.2, 0.25) is 0 Å². The molecule has 1 amide bonds. The molecule has 25 heavy (non-hydrogen) atoms. The molecule has 2 aromatic heterocycles. The predicted molar refractivity (Wildman–Crippen MR) is 103 cm³/mol. The molecule has 130 valence electrons. The number of carbonyl (C=O) groups excluding carboxylic acids is 1. The van der Waals surface area contributed by atoms with Crippen LogP contribution < -0.4 is 5.32 Å². The third kappa shape index (κ3) is 3.88. The van der Waals surface area contributed by atoms with Gasteiger partial charge in [-0.2, -0.15) is 5.10 Å². The fraction of sp³-hybridized carbons (Fsp3) is 0.278. The average Bonchev–Trinajstić information content (AvgIpc) is 3.25. The van der Waals surface area contributed by atoms with E-state index in [1.165, 1.54) is 11.1 Å². The number of aromatic amines is 1. The van der Waals surface area contributed by atoms with Crippen LogP contribution in [0.25, 0.3) is 10.7 Å². The smallest absolute Gasteiger partial charge is 0.242 e. The third-order valence-electron chi connectivity index (χ3n) is 4.17. The Morgan fingerprint density at radius 2 is 2.16 bits per heavy atom. The van der Waals surface area contributed by atoms with Crippen LogP contribution in [0.5, 0.6) is 0 Å². The van der Waals surface area contributed by atoms with Gasteiger partial charge in [0, 0.05) is 6.54 Å². The molecule has 7 heteroatoms. The Balaban J connectivity index is 1.68. The van der Waals surface area contributed by atoms with Crippen LogP contribution >= 0.6 is 23.6 Å². The van der Waals surface area contributed by atoms with E-state index in [2.05, 4.69) is 34.6 Å². The van der Waals surface area contributed by atoms with Gasteiger partial charge in [0.25, 0.3) is 0 Å². The Morgan fingerprint density at radius 1 is 1.36 bits per heavy atom. The summed E-state index contributed by atoms with van der Waals surface area (Å²) in [6.07, 6.45) is 0.805. The van der Waals surface area contributed by atoms with E-state index in [1.54, 1.807) is 15.9 Å². The minimum atomic E-state index is -0.430. The monoisotopic (exact) mass is 372 g/mol. The molecule has 0 fully saturated rings. The highest BCUT2D eigenvalue weighted by Crippen LogP contribution is 2.25. The van der Waals surface area contributed by atoms with Gasteiger partial charge in [-0.15, -0.1) is 11.3 Å². The fourth-order valence-corrected chi connectivity index (χ4v) is 3.72. The van der Waals surface area contributed by atoms with Crippen molar-refractivity contribution in [3.8, 4) is 10.7 Å². The Hall–Kier alpha value is -2.25. The van der Waals surface area contributed by atoms with Gasteiger partial charge in [0.15, 0.2) is 10.6 Å². The van der Waals surface area contributed by atoms with Gasteiger partial charge in [0.05, 0.1) is 4.88 Å². The zero-order chi connectivity index (χ0) is 17.8. The quantitative estimate of drug-likeness (QED) is 0.645. The second-order valence-electron chi connectivity index (χ2n) is 5.84. The Labute approximate surface area is 155 Å². The molecule has 0 aliphatic rings. The molecule has 0 saturated carbocycles. The molecule has 2 heterocycles. The number of H-pyrrole nitrogens is 1. The lowest BCUT2D eigenvalue weighted by Crippen LogP contribution is -2.32. The zero-order valence-electron chi connectivity index (χ0n) is 14.2. The van der Waals surface area contributed by atoms with Crippen molar-refractivity contribution < 1.29 is 4.79 Å². The number of rotatable bonds is 6. The van der Waals surface area contributed by atoms with Crippen LogP contribution in [0.3, 0.4) is 0 Å². The molecule has 0 unspecified atom stereocenters. The SMILES string of the molecule is Cc1ccccc1CCNC(=O)[C@@H](C)n1c(-c2cccs2)n[nH]c1=S. The lowest BCUT2D eigenvalue weighted by atomic mass is 10.1. The van der Waals surface area contributed by atoms with Crippen LogP contribution in [0, 0.1) is 11.7 Å². The van der Waals surface area contributed by atoms with E-state index in [4.69, 9.17) is 12.2 Å². The van der Waals surface area contributed by atoms with Gasteiger partial charge in [0.2, 0.25) is 5.91 Å². The first-order valence-electron chi connectivity index (χ1n) is 8.11. The van der Waals surface area contributed by atoms with Gasteiger partial charge < -0.3 is 5.32 Å². The summed E-state index contributed by atoms with van der Waals surface area (Å²) in [6, 6.07) is 11.7. The second kappa shape index (κ2) is 7.76. The molecule has 0 aliphatic heterocycles. The van der Waals surface area contributed by atoms with Crippen LogP contribution in [0.4, 0.5) is 0 Å².